The van der Waals surface area contributed by atoms with Crippen molar-refractivity contribution in [3.05, 3.63) is 74.7 Å². The van der Waals surface area contributed by atoms with Crippen LogP contribution in [0.1, 0.15) is 36.6 Å². The van der Waals surface area contributed by atoms with Crippen molar-refractivity contribution in [2.75, 3.05) is 26.2 Å². The van der Waals surface area contributed by atoms with Gasteiger partial charge in [0.2, 0.25) is 0 Å². The molecule has 6 rings (SSSR count). The van der Waals surface area contributed by atoms with Crippen molar-refractivity contribution < 1.29 is 4.79 Å². The van der Waals surface area contributed by atoms with Crippen LogP contribution in [0.15, 0.2) is 57.8 Å². The molecule has 2 aliphatic rings. The Morgan fingerprint density at radius 3 is 2.46 bits per heavy atom. The quantitative estimate of drug-likeness (QED) is 0.365. The molecule has 9 nitrogen and oxygen atoms in total. The summed E-state index contributed by atoms with van der Waals surface area (Å²) in [5.74, 6) is 0. The van der Waals surface area contributed by atoms with E-state index in [1.165, 1.54) is 5.69 Å². The fourth-order valence-corrected chi connectivity index (χ4v) is 6.49. The number of para-hydroxylation sites is 2. The lowest BCUT2D eigenvalue weighted by Crippen LogP contribution is -2.40. The normalized spacial score (nSPS) is 16.6. The number of nitrogens with two attached hydrogens (primary N) is 1. The average molecular weight is 593 g/mol. The predicted octanol–water partition coefficient (Wildman–Crippen LogP) is 4.13. The van der Waals surface area contributed by atoms with Gasteiger partial charge in [0.05, 0.1) is 23.3 Å². The number of benzene rings is 2. The molecule has 1 fully saturated rings. The molecule has 0 bridgehead atoms. The molecule has 2 aromatic carbocycles. The van der Waals surface area contributed by atoms with E-state index in [0.717, 1.165) is 84.2 Å². The van der Waals surface area contributed by atoms with E-state index in [9.17, 15) is 9.59 Å². The van der Waals surface area contributed by atoms with E-state index in [-0.39, 0.29) is 17.8 Å². The molecule has 0 spiro atoms. The third-order valence-electron chi connectivity index (χ3n) is 8.33. The lowest BCUT2D eigenvalue weighted by Gasteiger charge is -2.32. The molecular formula is C29H34BrN7O2. The van der Waals surface area contributed by atoms with Crippen LogP contribution < -0.4 is 11.4 Å². The molecule has 0 aliphatic carbocycles. The Balaban J connectivity index is 1.12. The van der Waals surface area contributed by atoms with Crippen LogP contribution in [0.4, 0.5) is 4.79 Å². The number of imidazole rings is 1. The van der Waals surface area contributed by atoms with Crippen molar-refractivity contribution in [2.24, 2.45) is 12.8 Å². The highest BCUT2D eigenvalue weighted by atomic mass is 79.9. The number of primary amides is 1. The molecule has 0 radical (unpaired) electrons. The van der Waals surface area contributed by atoms with Crippen LogP contribution >= 0.6 is 15.9 Å². The number of nitrogens with zero attached hydrogens (tertiary/aromatic N) is 6. The maximum absolute atomic E-state index is 13.0. The summed E-state index contributed by atoms with van der Waals surface area (Å²) in [7, 11) is 1.86. The SMILES string of the molecule is Cn1c(=O)n(C2CCN(CCCn3nc(-c4ccc(Br)cc4)c4c3CCN(C(N)=O)C4)CC2)c2ccccc21. The zero-order valence-corrected chi connectivity index (χ0v) is 23.8. The van der Waals surface area contributed by atoms with Crippen LogP contribution in [-0.4, -0.2) is 60.9 Å². The number of rotatable bonds is 6. The first-order valence-corrected chi connectivity index (χ1v) is 14.5. The first-order chi connectivity index (χ1) is 18.9. The van der Waals surface area contributed by atoms with Gasteiger partial charge in [0.25, 0.3) is 0 Å². The van der Waals surface area contributed by atoms with Crippen LogP contribution in [-0.2, 0) is 26.6 Å². The van der Waals surface area contributed by atoms with Gasteiger partial charge in [-0.25, -0.2) is 9.59 Å². The van der Waals surface area contributed by atoms with Gasteiger partial charge >= 0.3 is 11.7 Å². The maximum atomic E-state index is 13.0. The molecule has 204 valence electrons. The molecule has 10 heteroatoms. The highest BCUT2D eigenvalue weighted by Crippen LogP contribution is 2.31. The summed E-state index contributed by atoms with van der Waals surface area (Å²) in [6.07, 6.45) is 3.70. The number of carbonyl (C=O) groups is 1. The predicted molar refractivity (Wildman–Crippen MR) is 156 cm³/mol. The number of amides is 2. The molecule has 1 saturated heterocycles. The van der Waals surface area contributed by atoms with E-state index in [4.69, 9.17) is 10.8 Å². The fraction of sp³-hybridized carbons (Fsp3) is 0.414. The van der Waals surface area contributed by atoms with Gasteiger partial charge in [0, 0.05) is 67.0 Å². The van der Waals surface area contributed by atoms with Crippen molar-refractivity contribution >= 4 is 33.0 Å². The van der Waals surface area contributed by atoms with E-state index in [1.54, 1.807) is 9.47 Å². The summed E-state index contributed by atoms with van der Waals surface area (Å²) in [6.45, 7) is 4.90. The molecule has 0 saturated carbocycles. The summed E-state index contributed by atoms with van der Waals surface area (Å²) < 4.78 is 6.93. The number of halogens is 1. The first-order valence-electron chi connectivity index (χ1n) is 13.7. The minimum atomic E-state index is -0.385. The van der Waals surface area contributed by atoms with Gasteiger partial charge in [0.15, 0.2) is 0 Å². The zero-order chi connectivity index (χ0) is 27.1. The largest absolute Gasteiger partial charge is 0.351 e. The number of aryl methyl sites for hydroxylation is 2. The number of likely N-dealkylation sites (tertiary alicyclic amines) is 1. The molecule has 0 unspecified atom stereocenters. The fourth-order valence-electron chi connectivity index (χ4n) is 6.22. The third-order valence-corrected chi connectivity index (χ3v) is 8.85. The summed E-state index contributed by atoms with van der Waals surface area (Å²) in [5, 5.41) is 5.02. The van der Waals surface area contributed by atoms with Gasteiger partial charge in [-0.2, -0.15) is 5.10 Å². The lowest BCUT2D eigenvalue weighted by atomic mass is 10.0. The van der Waals surface area contributed by atoms with Crippen molar-refractivity contribution in [3.63, 3.8) is 0 Å². The van der Waals surface area contributed by atoms with Crippen molar-refractivity contribution in [2.45, 2.75) is 44.8 Å². The number of carbonyl (C=O) groups excluding carboxylic acids is 1. The summed E-state index contributed by atoms with van der Waals surface area (Å²) in [6, 6.07) is 16.1. The van der Waals surface area contributed by atoms with E-state index in [1.807, 2.05) is 41.9 Å². The Kier molecular flexibility index (Phi) is 7.07. The summed E-state index contributed by atoms with van der Waals surface area (Å²) in [4.78, 5) is 29.1. The molecule has 4 aromatic rings. The molecule has 2 amide bonds. The second kappa shape index (κ2) is 10.7. The third kappa shape index (κ3) is 4.91. The minimum Gasteiger partial charge on any atom is -0.351 e. The molecule has 2 N–H and O–H groups in total. The Morgan fingerprint density at radius 2 is 1.74 bits per heavy atom. The number of hydrogen-bond donors (Lipinski definition) is 1. The molecule has 39 heavy (non-hydrogen) atoms. The Hall–Kier alpha value is -3.37. The topological polar surface area (TPSA) is 94.3 Å². The van der Waals surface area contributed by atoms with Gasteiger partial charge in [-0.05, 0) is 50.1 Å². The summed E-state index contributed by atoms with van der Waals surface area (Å²) in [5.41, 5.74) is 12.0. The van der Waals surface area contributed by atoms with Gasteiger partial charge < -0.3 is 15.5 Å². The van der Waals surface area contributed by atoms with Crippen molar-refractivity contribution in [1.82, 2.24) is 28.7 Å². The number of hydrogen-bond acceptors (Lipinski definition) is 4. The lowest BCUT2D eigenvalue weighted by molar-refractivity contribution is 0.181. The van der Waals surface area contributed by atoms with Gasteiger partial charge in [0.1, 0.15) is 0 Å². The number of fused-ring (bicyclic) bond motifs is 2. The Bertz CT molecular complexity index is 1560. The van der Waals surface area contributed by atoms with Crippen LogP contribution in [0.5, 0.6) is 0 Å². The van der Waals surface area contributed by atoms with Gasteiger partial charge in [-0.1, -0.05) is 40.2 Å². The maximum Gasteiger partial charge on any atom is 0.329 e. The van der Waals surface area contributed by atoms with Crippen LogP contribution in [0.25, 0.3) is 22.3 Å². The average Bonchev–Trinajstić information content (AvgIpc) is 3.44. The van der Waals surface area contributed by atoms with E-state index >= 15 is 0 Å². The van der Waals surface area contributed by atoms with Crippen molar-refractivity contribution in [3.8, 4) is 11.3 Å². The Labute approximate surface area is 235 Å². The summed E-state index contributed by atoms with van der Waals surface area (Å²) >= 11 is 3.51. The number of urea groups is 1. The molecule has 2 aromatic heterocycles. The monoisotopic (exact) mass is 591 g/mol. The number of aromatic nitrogens is 4. The zero-order valence-electron chi connectivity index (χ0n) is 22.2. The Morgan fingerprint density at radius 1 is 1.03 bits per heavy atom. The smallest absolute Gasteiger partial charge is 0.329 e. The standard InChI is InChI=1S/C29H34BrN7O2/c1-33-25-5-2-3-6-26(25)37(29(33)39)22-11-16-34(17-12-22)14-4-15-36-24-13-18-35(28(31)38)19-23(24)27(32-36)20-7-9-21(30)10-8-20/h2-3,5-10,22H,4,11-19H2,1H3,(H2,31,38). The van der Waals surface area contributed by atoms with E-state index in [0.29, 0.717) is 13.1 Å². The van der Waals surface area contributed by atoms with Crippen molar-refractivity contribution in [1.29, 1.82) is 0 Å². The molecule has 4 heterocycles. The van der Waals surface area contributed by atoms with E-state index in [2.05, 4.69) is 43.7 Å². The first kappa shape index (κ1) is 25.9. The molecule has 0 atom stereocenters. The van der Waals surface area contributed by atoms with E-state index < -0.39 is 0 Å². The minimum absolute atomic E-state index is 0.0783. The second-order valence-corrected chi connectivity index (χ2v) is 11.6. The molecular weight excluding hydrogens is 558 g/mol. The van der Waals surface area contributed by atoms with Crippen LogP contribution in [0.3, 0.4) is 0 Å². The van der Waals surface area contributed by atoms with Crippen LogP contribution in [0, 0.1) is 0 Å². The highest BCUT2D eigenvalue weighted by molar-refractivity contribution is 9.10. The second-order valence-electron chi connectivity index (χ2n) is 10.6. The van der Waals surface area contributed by atoms with Gasteiger partial charge in [-0.15, -0.1) is 0 Å². The highest BCUT2D eigenvalue weighted by Gasteiger charge is 2.28. The number of piperidine rings is 1. The molecule has 2 aliphatic heterocycles. The van der Waals surface area contributed by atoms with Crippen LogP contribution in [0.2, 0.25) is 0 Å². The van der Waals surface area contributed by atoms with Gasteiger partial charge in [-0.3, -0.25) is 13.8 Å².